The average Bonchev–Trinajstić information content (AvgIpc) is 2.47. The second kappa shape index (κ2) is 9.09. The van der Waals surface area contributed by atoms with Crippen LogP contribution in [-0.2, 0) is 16.1 Å². The van der Waals surface area contributed by atoms with E-state index in [1.54, 1.807) is 0 Å². The van der Waals surface area contributed by atoms with E-state index < -0.39 is 11.8 Å². The molecule has 0 aromatic heterocycles. The van der Waals surface area contributed by atoms with E-state index in [1.807, 2.05) is 37.3 Å². The number of hydrogen-bond donors (Lipinski definition) is 2. The van der Waals surface area contributed by atoms with Gasteiger partial charge < -0.3 is 15.3 Å². The Balaban J connectivity index is 2.60. The van der Waals surface area contributed by atoms with Crippen molar-refractivity contribution in [3.05, 3.63) is 35.9 Å². The van der Waals surface area contributed by atoms with Crippen LogP contribution in [0.2, 0.25) is 0 Å². The highest BCUT2D eigenvalue weighted by atomic mass is 16.3. The molecule has 0 spiro atoms. The van der Waals surface area contributed by atoms with E-state index >= 15 is 0 Å². The largest absolute Gasteiger partial charge is 0.395 e. The molecule has 0 aliphatic carbocycles. The Morgan fingerprint density at radius 3 is 2.55 bits per heavy atom. The topological polar surface area (TPSA) is 69.6 Å². The molecule has 0 atom stereocenters. The van der Waals surface area contributed by atoms with Gasteiger partial charge in [0.05, 0.1) is 6.61 Å². The molecule has 0 unspecified atom stereocenters. The summed E-state index contributed by atoms with van der Waals surface area (Å²) < 4.78 is 0. The standard InChI is InChI=1S/C15H22N2O3/c1-2-3-9-16-14(19)15(20)17(10-11-18)12-13-7-5-4-6-8-13/h4-8,18H,2-3,9-12H2,1H3,(H,16,19). The zero-order valence-electron chi connectivity index (χ0n) is 11.8. The van der Waals surface area contributed by atoms with Gasteiger partial charge in [-0.2, -0.15) is 0 Å². The number of benzene rings is 1. The first-order chi connectivity index (χ1) is 9.69. The third kappa shape index (κ3) is 5.40. The Bertz CT molecular complexity index is 420. The monoisotopic (exact) mass is 278 g/mol. The van der Waals surface area contributed by atoms with Crippen LogP contribution in [0.4, 0.5) is 0 Å². The van der Waals surface area contributed by atoms with Gasteiger partial charge in [0.25, 0.3) is 0 Å². The molecule has 20 heavy (non-hydrogen) atoms. The van der Waals surface area contributed by atoms with Crippen molar-refractivity contribution in [1.82, 2.24) is 10.2 Å². The molecule has 5 heteroatoms. The van der Waals surface area contributed by atoms with Crippen molar-refractivity contribution in [2.75, 3.05) is 19.7 Å². The number of aliphatic hydroxyl groups is 1. The summed E-state index contributed by atoms with van der Waals surface area (Å²) in [6.45, 7) is 2.82. The first-order valence-corrected chi connectivity index (χ1v) is 6.91. The highest BCUT2D eigenvalue weighted by Crippen LogP contribution is 2.04. The van der Waals surface area contributed by atoms with Crippen molar-refractivity contribution in [3.63, 3.8) is 0 Å². The lowest BCUT2D eigenvalue weighted by molar-refractivity contribution is -0.146. The van der Waals surface area contributed by atoms with Crippen LogP contribution in [0.5, 0.6) is 0 Å². The van der Waals surface area contributed by atoms with Crippen LogP contribution >= 0.6 is 0 Å². The van der Waals surface area contributed by atoms with Gasteiger partial charge in [-0.3, -0.25) is 9.59 Å². The van der Waals surface area contributed by atoms with E-state index in [9.17, 15) is 9.59 Å². The number of aliphatic hydroxyl groups excluding tert-OH is 1. The van der Waals surface area contributed by atoms with Crippen molar-refractivity contribution in [2.24, 2.45) is 0 Å². The van der Waals surface area contributed by atoms with Crippen LogP contribution in [0.25, 0.3) is 0 Å². The molecule has 0 heterocycles. The second-order valence-corrected chi connectivity index (χ2v) is 4.55. The van der Waals surface area contributed by atoms with Crippen LogP contribution in [-0.4, -0.2) is 41.5 Å². The molecule has 0 bridgehead atoms. The van der Waals surface area contributed by atoms with Crippen molar-refractivity contribution in [2.45, 2.75) is 26.3 Å². The first kappa shape index (κ1) is 16.2. The van der Waals surface area contributed by atoms with E-state index in [2.05, 4.69) is 5.32 Å². The average molecular weight is 278 g/mol. The van der Waals surface area contributed by atoms with Crippen LogP contribution in [0.3, 0.4) is 0 Å². The summed E-state index contributed by atoms with van der Waals surface area (Å²) in [5.41, 5.74) is 0.927. The third-order valence-corrected chi connectivity index (χ3v) is 2.88. The fourth-order valence-electron chi connectivity index (χ4n) is 1.77. The van der Waals surface area contributed by atoms with Crippen LogP contribution in [0, 0.1) is 0 Å². The van der Waals surface area contributed by atoms with Gasteiger partial charge in [-0.05, 0) is 12.0 Å². The maximum Gasteiger partial charge on any atom is 0.312 e. The number of amides is 2. The lowest BCUT2D eigenvalue weighted by Crippen LogP contribution is -2.44. The molecule has 0 saturated carbocycles. The highest BCUT2D eigenvalue weighted by molar-refractivity contribution is 6.34. The predicted molar refractivity (Wildman–Crippen MR) is 76.9 cm³/mol. The minimum Gasteiger partial charge on any atom is -0.395 e. The maximum atomic E-state index is 12.0. The van der Waals surface area contributed by atoms with Crippen LogP contribution < -0.4 is 5.32 Å². The molecule has 5 nitrogen and oxygen atoms in total. The van der Waals surface area contributed by atoms with E-state index in [4.69, 9.17) is 5.11 Å². The van der Waals surface area contributed by atoms with Crippen molar-refractivity contribution in [3.8, 4) is 0 Å². The molecule has 1 rings (SSSR count). The molecule has 0 saturated heterocycles. The van der Waals surface area contributed by atoms with Gasteiger partial charge in [0.2, 0.25) is 0 Å². The van der Waals surface area contributed by atoms with Crippen molar-refractivity contribution >= 4 is 11.8 Å². The van der Waals surface area contributed by atoms with Gasteiger partial charge in [0, 0.05) is 19.6 Å². The van der Waals surface area contributed by atoms with Crippen LogP contribution in [0.1, 0.15) is 25.3 Å². The van der Waals surface area contributed by atoms with E-state index in [0.717, 1.165) is 18.4 Å². The quantitative estimate of drug-likeness (QED) is 0.575. The minimum absolute atomic E-state index is 0.148. The molecule has 1 aromatic carbocycles. The number of unbranched alkanes of at least 4 members (excludes halogenated alkanes) is 1. The SMILES string of the molecule is CCCCNC(=O)C(=O)N(CCO)Cc1ccccc1. The Labute approximate surface area is 119 Å². The zero-order chi connectivity index (χ0) is 14.8. The Morgan fingerprint density at radius 1 is 1.25 bits per heavy atom. The lowest BCUT2D eigenvalue weighted by atomic mass is 10.2. The first-order valence-electron chi connectivity index (χ1n) is 6.91. The Morgan fingerprint density at radius 2 is 1.95 bits per heavy atom. The number of carbonyl (C=O) groups excluding carboxylic acids is 2. The highest BCUT2D eigenvalue weighted by Gasteiger charge is 2.21. The molecule has 2 amide bonds. The number of nitrogens with zero attached hydrogens (tertiary/aromatic N) is 1. The molecular weight excluding hydrogens is 256 g/mol. The summed E-state index contributed by atoms with van der Waals surface area (Å²) in [6.07, 6.45) is 1.80. The predicted octanol–water partition coefficient (Wildman–Crippen LogP) is 0.924. The fraction of sp³-hybridized carbons (Fsp3) is 0.467. The Kier molecular flexibility index (Phi) is 7.35. The molecular formula is C15H22N2O3. The van der Waals surface area contributed by atoms with Crippen molar-refractivity contribution in [1.29, 1.82) is 0 Å². The molecule has 0 fully saturated rings. The molecule has 110 valence electrons. The van der Waals surface area contributed by atoms with Crippen LogP contribution in [0.15, 0.2) is 30.3 Å². The second-order valence-electron chi connectivity index (χ2n) is 4.55. The van der Waals surface area contributed by atoms with Gasteiger partial charge in [0.15, 0.2) is 0 Å². The maximum absolute atomic E-state index is 12.0. The molecule has 1 aromatic rings. The summed E-state index contributed by atoms with van der Waals surface area (Å²) in [4.78, 5) is 25.1. The molecule has 2 N–H and O–H groups in total. The summed E-state index contributed by atoms with van der Waals surface area (Å²) in [7, 11) is 0. The summed E-state index contributed by atoms with van der Waals surface area (Å²) in [6, 6.07) is 9.40. The van der Waals surface area contributed by atoms with Gasteiger partial charge in [0.1, 0.15) is 0 Å². The van der Waals surface area contributed by atoms with Gasteiger partial charge in [-0.1, -0.05) is 43.7 Å². The summed E-state index contributed by atoms with van der Waals surface area (Å²) in [5.74, 6) is -1.21. The normalized spacial score (nSPS) is 10.1. The molecule has 0 aliphatic heterocycles. The third-order valence-electron chi connectivity index (χ3n) is 2.88. The molecule has 0 radical (unpaired) electrons. The Hall–Kier alpha value is -1.88. The number of rotatable bonds is 7. The minimum atomic E-state index is -0.608. The number of nitrogens with one attached hydrogen (secondary N) is 1. The fourth-order valence-corrected chi connectivity index (χ4v) is 1.77. The van der Waals surface area contributed by atoms with E-state index in [1.165, 1.54) is 4.90 Å². The number of carbonyl (C=O) groups is 2. The summed E-state index contributed by atoms with van der Waals surface area (Å²) in [5, 5.41) is 11.6. The van der Waals surface area contributed by atoms with E-state index in [-0.39, 0.29) is 13.2 Å². The van der Waals surface area contributed by atoms with Crippen molar-refractivity contribution < 1.29 is 14.7 Å². The summed E-state index contributed by atoms with van der Waals surface area (Å²) >= 11 is 0. The van der Waals surface area contributed by atoms with Gasteiger partial charge in [-0.15, -0.1) is 0 Å². The molecule has 0 aliphatic rings. The lowest BCUT2D eigenvalue weighted by Gasteiger charge is -2.21. The smallest absolute Gasteiger partial charge is 0.312 e. The van der Waals surface area contributed by atoms with Gasteiger partial charge >= 0.3 is 11.8 Å². The zero-order valence-corrected chi connectivity index (χ0v) is 11.8. The number of hydrogen-bond acceptors (Lipinski definition) is 3. The van der Waals surface area contributed by atoms with Gasteiger partial charge in [-0.25, -0.2) is 0 Å². The van der Waals surface area contributed by atoms with E-state index in [0.29, 0.717) is 13.1 Å².